The molecule has 3 rings (SSSR count). The van der Waals surface area contributed by atoms with E-state index in [9.17, 15) is 10.2 Å². The summed E-state index contributed by atoms with van der Waals surface area (Å²) in [7, 11) is 14.8. The molecule has 0 aliphatic heterocycles. The molecular formula is C36H52AlCl3CoN2O2. The summed E-state index contributed by atoms with van der Waals surface area (Å²) >= 11 is -1.72. The molecule has 0 aromatic heterocycles. The summed E-state index contributed by atoms with van der Waals surface area (Å²) in [5, 5.41) is 26.9. The summed E-state index contributed by atoms with van der Waals surface area (Å²) in [6.07, 6.45) is 7.63. The second-order valence-electron chi connectivity index (χ2n) is 16.1. The molecule has 2 aromatic rings. The van der Waals surface area contributed by atoms with Crippen LogP contribution in [0.3, 0.4) is 0 Å². The molecule has 1 saturated carbocycles. The van der Waals surface area contributed by atoms with Crippen molar-refractivity contribution in [2.75, 3.05) is 0 Å². The van der Waals surface area contributed by atoms with Gasteiger partial charge in [-0.15, -0.1) is 0 Å². The minimum Gasteiger partial charge on any atom is -0.872 e. The molecule has 2 atom stereocenters. The number of rotatable bonds is 4. The topological polar surface area (TPSA) is 70.8 Å². The van der Waals surface area contributed by atoms with Gasteiger partial charge in [0.1, 0.15) is 0 Å². The normalized spacial score (nSPS) is 18.0. The third kappa shape index (κ3) is 12.7. The van der Waals surface area contributed by atoms with E-state index in [0.717, 1.165) is 47.9 Å². The molecule has 1 aliphatic carbocycles. The Balaban J connectivity index is 0.00000191. The number of benzene rings is 2. The van der Waals surface area contributed by atoms with Gasteiger partial charge < -0.3 is 10.2 Å². The van der Waals surface area contributed by atoms with Crippen molar-refractivity contribution in [1.82, 2.24) is 0 Å². The van der Waals surface area contributed by atoms with Gasteiger partial charge in [0.15, 0.2) is 0 Å². The first-order valence-electron chi connectivity index (χ1n) is 15.6. The zero-order chi connectivity index (χ0) is 33.8. The Morgan fingerprint density at radius 2 is 0.889 bits per heavy atom. The molecule has 1 aliphatic rings. The predicted octanol–water partition coefficient (Wildman–Crippen LogP) is 9.56. The van der Waals surface area contributed by atoms with Gasteiger partial charge in [0, 0.05) is 12.4 Å². The predicted molar refractivity (Wildman–Crippen MR) is 191 cm³/mol. The molecule has 1 fully saturated rings. The molecule has 2 aromatic carbocycles. The van der Waals surface area contributed by atoms with Crippen LogP contribution in [0.4, 0.5) is 0 Å². The Labute approximate surface area is 300 Å². The number of hydrogen-bond donors (Lipinski definition) is 0. The molecule has 1 radical (unpaired) electrons. The maximum absolute atomic E-state index is 13.5. The van der Waals surface area contributed by atoms with Crippen LogP contribution in [0.5, 0.6) is 11.5 Å². The van der Waals surface area contributed by atoms with Gasteiger partial charge in [-0.3, -0.25) is 9.98 Å². The minimum absolute atomic E-state index is 0. The van der Waals surface area contributed by atoms with Crippen LogP contribution >= 0.6 is 30.1 Å². The van der Waals surface area contributed by atoms with E-state index in [-0.39, 0.29) is 62.0 Å². The third-order valence-corrected chi connectivity index (χ3v) is 8.09. The van der Waals surface area contributed by atoms with Gasteiger partial charge in [0.25, 0.3) is 0 Å². The Morgan fingerprint density at radius 1 is 0.600 bits per heavy atom. The van der Waals surface area contributed by atoms with E-state index < -0.39 is 11.4 Å². The van der Waals surface area contributed by atoms with E-state index in [2.05, 4.69) is 95.2 Å². The SMILES string of the molecule is CC(C)(C)c1cc(C=N[C@H]2CCCC[C@@H]2N=Cc2cc(C(C)(C)C)cc(C(C)(C)C)c2[O-])c([O-])c(C(C)(C)C)c1.[Cl][Al]([Cl])[Cl].[Co+2]. The smallest absolute Gasteiger partial charge is 0.872 e. The number of aliphatic imine (C=N–C) groups is 2. The summed E-state index contributed by atoms with van der Waals surface area (Å²) in [6, 6.07) is 8.15. The average Bonchev–Trinajstić information content (AvgIpc) is 2.84. The molecule has 0 unspecified atom stereocenters. The van der Waals surface area contributed by atoms with Crippen LogP contribution < -0.4 is 10.2 Å². The Morgan fingerprint density at radius 3 is 1.13 bits per heavy atom. The quantitative estimate of drug-likeness (QED) is 0.232. The van der Waals surface area contributed by atoms with Gasteiger partial charge in [-0.1, -0.05) is 132 Å². The van der Waals surface area contributed by atoms with Crippen molar-refractivity contribution >= 4 is 54.0 Å². The van der Waals surface area contributed by atoms with Crippen LogP contribution in [-0.4, -0.2) is 35.9 Å². The van der Waals surface area contributed by atoms with Crippen LogP contribution in [0.2, 0.25) is 0 Å². The van der Waals surface area contributed by atoms with Crippen molar-refractivity contribution in [1.29, 1.82) is 0 Å². The van der Waals surface area contributed by atoms with Gasteiger partial charge in [0.2, 0.25) is 0 Å². The molecule has 0 heterocycles. The van der Waals surface area contributed by atoms with Crippen molar-refractivity contribution in [2.45, 2.75) is 143 Å². The zero-order valence-electron chi connectivity index (χ0n) is 29.2. The van der Waals surface area contributed by atoms with Crippen LogP contribution in [0, 0.1) is 0 Å². The summed E-state index contributed by atoms with van der Waals surface area (Å²) < 4.78 is 0. The zero-order valence-corrected chi connectivity index (χ0v) is 33.7. The average molecular weight is 737 g/mol. The fourth-order valence-corrected chi connectivity index (χ4v) is 5.27. The van der Waals surface area contributed by atoms with Crippen molar-refractivity contribution in [3.63, 3.8) is 0 Å². The molecule has 9 heteroatoms. The standard InChI is InChI=1S/C36H54N2O2.Al.3ClH.Co/c1-33(2,3)25-17-23(31(39)27(19-25)35(7,8)9)21-37-29-15-13-14-16-30(29)38-22-24-18-26(34(4,5)6)20-28(32(24)40)36(10,11)12;;;;;/h17-22,29-30,39-40H,13-16H2,1-12H3;;3*1H;/q;+3;;;;+2/p-5/t29-,30-;;;;;/m0...../s1. The molecular weight excluding hydrogens is 685 g/mol. The molecule has 45 heavy (non-hydrogen) atoms. The van der Waals surface area contributed by atoms with E-state index in [4.69, 9.17) is 40.1 Å². The first kappa shape index (κ1) is 42.3. The van der Waals surface area contributed by atoms with Gasteiger partial charge >= 0.3 is 28.2 Å². The second-order valence-corrected chi connectivity index (χ2v) is 22.5. The van der Waals surface area contributed by atoms with E-state index in [1.165, 1.54) is 0 Å². The third-order valence-electron chi connectivity index (χ3n) is 8.09. The summed E-state index contributed by atoms with van der Waals surface area (Å²) in [6.45, 7) is 25.6. The van der Waals surface area contributed by atoms with Crippen LogP contribution in [0.15, 0.2) is 34.3 Å². The van der Waals surface area contributed by atoms with Gasteiger partial charge in [-0.05, 0) is 67.9 Å². The molecule has 0 spiro atoms. The van der Waals surface area contributed by atoms with Gasteiger partial charge in [0.05, 0.1) is 12.1 Å². The van der Waals surface area contributed by atoms with Gasteiger partial charge in [-0.25, -0.2) is 30.1 Å². The van der Waals surface area contributed by atoms with Crippen molar-refractivity contribution in [2.24, 2.45) is 9.98 Å². The first-order chi connectivity index (χ1) is 19.9. The number of hydrogen-bond acceptors (Lipinski definition) is 4. The van der Waals surface area contributed by atoms with Crippen molar-refractivity contribution in [3.8, 4) is 11.5 Å². The molecule has 4 nitrogen and oxygen atoms in total. The monoisotopic (exact) mass is 735 g/mol. The van der Waals surface area contributed by atoms with Crippen molar-refractivity contribution in [3.05, 3.63) is 57.6 Å². The largest absolute Gasteiger partial charge is 2.00 e. The maximum Gasteiger partial charge on any atom is 2.00 e. The first-order valence-corrected chi connectivity index (χ1v) is 20.9. The van der Waals surface area contributed by atoms with Crippen LogP contribution in [0.25, 0.3) is 0 Å². The Kier molecular flexibility index (Phi) is 15.6. The van der Waals surface area contributed by atoms with Crippen molar-refractivity contribution < 1.29 is 27.0 Å². The minimum atomic E-state index is -1.72. The fourth-order valence-electron chi connectivity index (χ4n) is 5.27. The molecule has 0 amide bonds. The van der Waals surface area contributed by atoms with E-state index >= 15 is 0 Å². The summed E-state index contributed by atoms with van der Waals surface area (Å²) in [4.78, 5) is 9.95. The molecule has 251 valence electrons. The van der Waals surface area contributed by atoms with E-state index in [1.807, 2.05) is 12.1 Å². The number of halogens is 3. The second kappa shape index (κ2) is 16.6. The molecule has 0 N–H and O–H groups in total. The van der Waals surface area contributed by atoms with E-state index in [0.29, 0.717) is 11.1 Å². The fraction of sp³-hybridized carbons (Fsp3) is 0.611. The maximum atomic E-state index is 13.5. The van der Waals surface area contributed by atoms with E-state index in [1.54, 1.807) is 12.4 Å². The Bertz CT molecular complexity index is 1230. The number of nitrogens with zero attached hydrogens (tertiary/aromatic N) is 2. The van der Waals surface area contributed by atoms with Gasteiger partial charge in [-0.2, -0.15) is 0 Å². The Hall–Kier alpha value is -0.711. The summed E-state index contributed by atoms with van der Waals surface area (Å²) in [5.74, 6) is 0.120. The van der Waals surface area contributed by atoms with Crippen LogP contribution in [0.1, 0.15) is 142 Å². The van der Waals surface area contributed by atoms with Crippen LogP contribution in [-0.2, 0) is 38.4 Å². The molecule has 0 saturated heterocycles. The molecule has 0 bridgehead atoms. The summed E-state index contributed by atoms with van der Waals surface area (Å²) in [5.41, 5.74) is 4.62.